The van der Waals surface area contributed by atoms with Crippen molar-refractivity contribution in [1.29, 1.82) is 0 Å². The van der Waals surface area contributed by atoms with Crippen molar-refractivity contribution >= 4 is 48.9 Å². The van der Waals surface area contributed by atoms with Gasteiger partial charge in [-0.2, -0.15) is 4.99 Å². The molecule has 1 amide bonds. The van der Waals surface area contributed by atoms with Crippen LogP contribution in [0.1, 0.15) is 43.8 Å². The van der Waals surface area contributed by atoms with Crippen LogP contribution in [0.15, 0.2) is 51.4 Å². The summed E-state index contributed by atoms with van der Waals surface area (Å²) in [6.45, 7) is 7.07. The third-order valence-corrected chi connectivity index (χ3v) is 8.70. The van der Waals surface area contributed by atoms with E-state index in [1.807, 2.05) is 0 Å². The third kappa shape index (κ3) is 7.70. The van der Waals surface area contributed by atoms with Gasteiger partial charge in [0.15, 0.2) is 25.6 Å². The van der Waals surface area contributed by atoms with Crippen molar-refractivity contribution < 1.29 is 31.2 Å². The van der Waals surface area contributed by atoms with Gasteiger partial charge in [-0.25, -0.2) is 31.6 Å². The number of aryl methyl sites for hydroxylation is 4. The van der Waals surface area contributed by atoms with E-state index in [9.17, 15) is 26.4 Å². The van der Waals surface area contributed by atoms with Crippen LogP contribution in [0.25, 0.3) is 11.4 Å². The molecule has 4 rings (SSSR count). The maximum absolute atomic E-state index is 12.2. The smallest absolute Gasteiger partial charge is 0.340 e. The molecule has 46 heavy (non-hydrogen) atoms. The summed E-state index contributed by atoms with van der Waals surface area (Å²) in [7, 11) is -6.03. The fraction of sp³-hybridized carbons (Fsp3) is 0.250. The lowest BCUT2D eigenvalue weighted by atomic mass is 10.1. The maximum Gasteiger partial charge on any atom is 0.340 e. The first kappa shape index (κ1) is 35.3. The number of esters is 1. The second-order valence-corrected chi connectivity index (χ2v) is 14.3. The lowest BCUT2D eigenvalue weighted by Gasteiger charge is -2.14. The summed E-state index contributed by atoms with van der Waals surface area (Å²) >= 11 is 0. The fourth-order valence-electron chi connectivity index (χ4n) is 4.51. The van der Waals surface area contributed by atoms with Crippen LogP contribution in [-0.4, -0.2) is 73.4 Å². The quantitative estimate of drug-likeness (QED) is 0.0969. The van der Waals surface area contributed by atoms with E-state index in [4.69, 9.17) is 22.9 Å². The van der Waals surface area contributed by atoms with Crippen LogP contribution in [-0.2, 0) is 24.4 Å². The van der Waals surface area contributed by atoms with Gasteiger partial charge in [-0.15, -0.1) is 0 Å². The minimum atomic E-state index is -3.66. The summed E-state index contributed by atoms with van der Waals surface area (Å²) in [6.07, 6.45) is 5.49. The van der Waals surface area contributed by atoms with E-state index in [-0.39, 0.29) is 32.3 Å². The van der Waals surface area contributed by atoms with Gasteiger partial charge < -0.3 is 36.8 Å². The second kappa shape index (κ2) is 13.0. The lowest BCUT2D eigenvalue weighted by molar-refractivity contribution is 0.0601. The predicted molar refractivity (Wildman–Crippen MR) is 173 cm³/mol. The zero-order valence-electron chi connectivity index (χ0n) is 26.2. The summed E-state index contributed by atoms with van der Waals surface area (Å²) in [5.74, 6) is -0.742. The number of hydrogen-bond acceptors (Lipinski definition) is 11. The van der Waals surface area contributed by atoms with Crippen LogP contribution in [0, 0.1) is 27.7 Å². The minimum Gasteiger partial charge on any atom is -0.465 e. The highest BCUT2D eigenvalue weighted by Gasteiger charge is 2.23. The number of ether oxygens (including phenoxy) is 1. The van der Waals surface area contributed by atoms with Gasteiger partial charge in [0, 0.05) is 36.3 Å². The molecular weight excluding hydrogens is 638 g/mol. The first-order chi connectivity index (χ1) is 21.1. The first-order valence-corrected chi connectivity index (χ1v) is 17.0. The Morgan fingerprint density at radius 3 is 1.46 bits per heavy atom. The third-order valence-electron chi connectivity index (χ3n) is 6.45. The summed E-state index contributed by atoms with van der Waals surface area (Å²) in [4.78, 5) is 35.5. The zero-order chi connectivity index (χ0) is 34.9. The van der Waals surface area contributed by atoms with Gasteiger partial charge in [-0.3, -0.25) is 4.79 Å². The van der Waals surface area contributed by atoms with E-state index in [0.29, 0.717) is 28.7 Å². The van der Waals surface area contributed by atoms with Crippen LogP contribution in [0.5, 0.6) is 0 Å². The number of hydrogen-bond donors (Lipinski definition) is 4. The number of amides is 1. The van der Waals surface area contributed by atoms with Crippen molar-refractivity contribution in [2.75, 3.05) is 31.1 Å². The number of aromatic nitrogens is 4. The molecule has 2 aromatic carbocycles. The summed E-state index contributed by atoms with van der Waals surface area (Å²) in [5, 5.41) is 0. The molecule has 0 fully saturated rings. The molecule has 0 radical (unpaired) electrons. The summed E-state index contributed by atoms with van der Waals surface area (Å²) in [6, 6.07) is 5.24. The number of guanidine groups is 1. The topological polar surface area (TPSA) is 264 Å². The molecule has 2 heterocycles. The average Bonchev–Trinajstić information content (AvgIpc) is 3.44. The highest BCUT2D eigenvalue weighted by atomic mass is 32.2. The van der Waals surface area contributed by atoms with Gasteiger partial charge in [0.25, 0.3) is 5.91 Å². The number of nitrogens with zero attached hydrogens (tertiary/aromatic N) is 5. The Morgan fingerprint density at radius 2 is 1.13 bits per heavy atom. The number of nitrogen functional groups attached to an aromatic ring is 2. The molecule has 0 aliphatic heterocycles. The molecule has 0 aliphatic carbocycles. The Kier molecular flexibility index (Phi) is 9.97. The molecule has 0 atom stereocenters. The zero-order valence-corrected chi connectivity index (χ0v) is 27.8. The average molecular weight is 674 g/mol. The molecule has 0 bridgehead atoms. The van der Waals surface area contributed by atoms with Crippen molar-refractivity contribution in [2.45, 2.75) is 37.5 Å². The number of nitrogens with two attached hydrogens (primary N) is 4. The Labute approximate surface area is 265 Å². The van der Waals surface area contributed by atoms with Crippen molar-refractivity contribution in [1.82, 2.24) is 19.1 Å². The summed E-state index contributed by atoms with van der Waals surface area (Å²) < 4.78 is 56.4. The van der Waals surface area contributed by atoms with Gasteiger partial charge in [0.05, 0.1) is 50.8 Å². The molecule has 0 spiro atoms. The van der Waals surface area contributed by atoms with E-state index in [0.717, 1.165) is 18.2 Å². The molecule has 0 saturated carbocycles. The molecule has 2 aromatic heterocycles. The van der Waals surface area contributed by atoms with Crippen LogP contribution >= 0.6 is 0 Å². The number of methoxy groups -OCH3 is 1. The Morgan fingerprint density at radius 1 is 0.739 bits per heavy atom. The van der Waals surface area contributed by atoms with Gasteiger partial charge >= 0.3 is 5.97 Å². The SMILES string of the molecule is COC(=O)c1cc(S(C)(=O)=O)c(-n2cc(C)nc2C)cc1N.Cc1cn(-c2cc(N)c(C(=O)N=C(N)N)cc2S(C)(=O)=O)c(C)n1. The number of benzene rings is 2. The number of rotatable bonds is 6. The van der Waals surface area contributed by atoms with Crippen molar-refractivity contribution in [3.05, 3.63) is 70.8 Å². The van der Waals surface area contributed by atoms with Crippen molar-refractivity contribution in [3.63, 3.8) is 0 Å². The largest absolute Gasteiger partial charge is 0.465 e. The molecule has 0 saturated heterocycles. The molecule has 0 unspecified atom stereocenters. The predicted octanol–water partition coefficient (Wildman–Crippen LogP) is 1.15. The maximum atomic E-state index is 12.2. The van der Waals surface area contributed by atoms with Crippen LogP contribution in [0.2, 0.25) is 0 Å². The fourth-order valence-corrected chi connectivity index (χ4v) is 6.25. The monoisotopic (exact) mass is 673 g/mol. The van der Waals surface area contributed by atoms with Crippen LogP contribution < -0.4 is 22.9 Å². The minimum absolute atomic E-state index is 0.0115. The van der Waals surface area contributed by atoms with Gasteiger partial charge in [0.2, 0.25) is 0 Å². The number of carbonyl (C=O) groups is 2. The summed E-state index contributed by atoms with van der Waals surface area (Å²) in [5.41, 5.74) is 24.4. The van der Waals surface area contributed by atoms with Crippen molar-refractivity contribution in [3.8, 4) is 11.4 Å². The van der Waals surface area contributed by atoms with Crippen molar-refractivity contribution in [2.24, 2.45) is 16.5 Å². The molecule has 8 N–H and O–H groups in total. The Balaban J connectivity index is 0.000000251. The molecule has 18 heteroatoms. The molecule has 4 aromatic rings. The molecule has 0 aliphatic rings. The lowest BCUT2D eigenvalue weighted by Crippen LogP contribution is -2.24. The molecule has 246 valence electrons. The van der Waals surface area contributed by atoms with E-state index < -0.39 is 37.5 Å². The van der Waals surface area contributed by atoms with Gasteiger partial charge in [-0.05, 0) is 52.0 Å². The number of aliphatic imine (C=N–C) groups is 1. The van der Waals surface area contributed by atoms with E-state index in [1.54, 1.807) is 49.2 Å². The highest BCUT2D eigenvalue weighted by molar-refractivity contribution is 7.91. The molecule has 16 nitrogen and oxygen atoms in total. The van der Waals surface area contributed by atoms with Gasteiger partial charge in [-0.1, -0.05) is 0 Å². The Bertz CT molecular complexity index is 2110. The molecular formula is C28H35N9O7S2. The highest BCUT2D eigenvalue weighted by Crippen LogP contribution is 2.29. The standard InChI is InChI=1S/C14H18N6O3S.C14H17N3O4S/c1-7-6-20(8(2)18-7)11-5-10(15)9(13(21)19-14(16)17)4-12(11)24(3,22)23;1-8-7-17(9(2)16-8)12-6-11(15)10(14(18)21-3)5-13(12)22(4,19)20/h4-6H,15H2,1-3H3,(H4,16,17,19,21);5-7H,15H2,1-4H3. The van der Waals surface area contributed by atoms with Crippen LogP contribution in [0.4, 0.5) is 11.4 Å². The Hall–Kier alpha value is -5.23. The van der Waals surface area contributed by atoms with E-state index in [2.05, 4.69) is 19.7 Å². The normalized spacial score (nSPS) is 11.4. The van der Waals surface area contributed by atoms with E-state index in [1.165, 1.54) is 31.4 Å². The van der Waals surface area contributed by atoms with Crippen LogP contribution in [0.3, 0.4) is 0 Å². The number of anilines is 2. The first-order valence-electron chi connectivity index (χ1n) is 13.2. The van der Waals surface area contributed by atoms with E-state index >= 15 is 0 Å². The number of sulfone groups is 2. The number of imidazole rings is 2. The van der Waals surface area contributed by atoms with Gasteiger partial charge in [0.1, 0.15) is 11.6 Å². The number of carbonyl (C=O) groups excluding carboxylic acids is 2. The second-order valence-electron chi connectivity index (χ2n) is 10.3.